The average Bonchev–Trinajstić information content (AvgIpc) is 3.01. The Morgan fingerprint density at radius 3 is 2.50 bits per heavy atom. The first-order chi connectivity index (χ1) is 14.1. The normalized spacial score (nSPS) is 23.6. The van der Waals surface area contributed by atoms with Gasteiger partial charge in [0.05, 0.1) is 34.3 Å². The first-order valence-electron chi connectivity index (χ1n) is 9.22. The molecule has 1 saturated heterocycles. The fourth-order valence-corrected chi connectivity index (χ4v) is 5.15. The van der Waals surface area contributed by atoms with E-state index in [1.54, 1.807) is 0 Å². The van der Waals surface area contributed by atoms with Gasteiger partial charge >= 0.3 is 6.09 Å². The number of nitrogens with zero attached hydrogens (tertiary/aromatic N) is 2. The predicted octanol–water partition coefficient (Wildman–Crippen LogP) is 2.23. The Kier molecular flexibility index (Phi) is 6.20. The molecular weight excluding hydrogens is 420 g/mol. The molecule has 0 aliphatic carbocycles. The highest BCUT2D eigenvalue weighted by atomic mass is 32.2. The lowest BCUT2D eigenvalue weighted by Crippen LogP contribution is -2.33. The lowest BCUT2D eigenvalue weighted by Gasteiger charge is -2.19. The van der Waals surface area contributed by atoms with Gasteiger partial charge in [-0.25, -0.2) is 17.8 Å². The van der Waals surface area contributed by atoms with Gasteiger partial charge in [-0.05, 0) is 24.1 Å². The minimum atomic E-state index is -2.75. The van der Waals surface area contributed by atoms with Gasteiger partial charge < -0.3 is 10.1 Å². The molecule has 2 heterocycles. The maximum atomic E-state index is 14.8. The number of rotatable bonds is 4. The van der Waals surface area contributed by atoms with Crippen LogP contribution in [0.3, 0.4) is 0 Å². The number of ether oxygens (including phenoxy) is 1. The Hall–Kier alpha value is -2.82. The predicted molar refractivity (Wildman–Crippen MR) is 106 cm³/mol. The van der Waals surface area contributed by atoms with E-state index in [2.05, 4.69) is 9.68 Å². The van der Waals surface area contributed by atoms with Crippen LogP contribution in [-0.4, -0.2) is 52.8 Å². The number of hydrogen-bond donors (Lipinski definition) is 1. The van der Waals surface area contributed by atoms with Gasteiger partial charge in [0.1, 0.15) is 17.7 Å². The quantitative estimate of drug-likeness (QED) is 0.772. The fourth-order valence-electron chi connectivity index (χ4n) is 3.35. The van der Waals surface area contributed by atoms with Gasteiger partial charge in [-0.3, -0.25) is 14.5 Å². The number of allylic oxidation sites excluding steroid dienone is 1. The van der Waals surface area contributed by atoms with Gasteiger partial charge in [-0.1, -0.05) is 6.08 Å². The molecule has 1 aromatic rings. The molecule has 1 fully saturated rings. The van der Waals surface area contributed by atoms with Crippen LogP contribution < -0.4 is 10.2 Å². The van der Waals surface area contributed by atoms with E-state index in [1.165, 1.54) is 19.9 Å². The van der Waals surface area contributed by atoms with Crippen molar-refractivity contribution in [3.63, 3.8) is 0 Å². The zero-order valence-corrected chi connectivity index (χ0v) is 17.3. The topological polar surface area (TPSA) is 105 Å². The van der Waals surface area contributed by atoms with E-state index in [-0.39, 0.29) is 48.2 Å². The van der Waals surface area contributed by atoms with Gasteiger partial charge in [0.25, 0.3) is 5.91 Å². The first-order valence-corrected chi connectivity index (χ1v) is 11.1. The molecular formula is C19H21F2N3O5S. The molecule has 162 valence electrons. The maximum absolute atomic E-state index is 14.8. The van der Waals surface area contributed by atoms with Crippen molar-refractivity contribution in [3.05, 3.63) is 35.4 Å². The van der Waals surface area contributed by atoms with Crippen LogP contribution in [-0.2, 0) is 24.1 Å². The summed E-state index contributed by atoms with van der Waals surface area (Å²) in [6.07, 6.45) is 0.145. The molecule has 1 N–H and O–H groups in total. The largest absolute Gasteiger partial charge is 0.442 e. The molecule has 2 aliphatic heterocycles. The second kappa shape index (κ2) is 8.50. The number of carbonyl (C=O) groups excluding carboxylic acids is 3. The lowest BCUT2D eigenvalue weighted by atomic mass is 10.0. The molecule has 11 heteroatoms. The Labute approximate surface area is 172 Å². The van der Waals surface area contributed by atoms with Crippen LogP contribution in [0.15, 0.2) is 22.6 Å². The van der Waals surface area contributed by atoms with Gasteiger partial charge in [0.2, 0.25) is 5.91 Å². The van der Waals surface area contributed by atoms with Crippen molar-refractivity contribution in [1.82, 2.24) is 5.32 Å². The van der Waals surface area contributed by atoms with Crippen LogP contribution in [0.1, 0.15) is 25.8 Å². The van der Waals surface area contributed by atoms with E-state index in [4.69, 9.17) is 4.74 Å². The summed E-state index contributed by atoms with van der Waals surface area (Å²) in [4.78, 5) is 35.3. The number of amides is 3. The Bertz CT molecular complexity index is 1040. The van der Waals surface area contributed by atoms with Crippen molar-refractivity contribution in [1.29, 1.82) is 0 Å². The third kappa shape index (κ3) is 4.84. The van der Waals surface area contributed by atoms with Crippen molar-refractivity contribution < 1.29 is 32.1 Å². The molecule has 30 heavy (non-hydrogen) atoms. The number of carbonyl (C=O) groups is 3. The van der Waals surface area contributed by atoms with Crippen LogP contribution in [0.5, 0.6) is 0 Å². The van der Waals surface area contributed by atoms with Crippen molar-refractivity contribution in [2.45, 2.75) is 26.4 Å². The molecule has 2 aliphatic rings. The van der Waals surface area contributed by atoms with Crippen molar-refractivity contribution in [2.75, 3.05) is 29.5 Å². The van der Waals surface area contributed by atoms with E-state index in [0.29, 0.717) is 5.57 Å². The summed E-state index contributed by atoms with van der Waals surface area (Å²) in [5.41, 5.74) is 0.0723. The minimum Gasteiger partial charge on any atom is -0.442 e. The summed E-state index contributed by atoms with van der Waals surface area (Å²) in [6.45, 7) is 2.66. The molecule has 1 unspecified atom stereocenters. The molecule has 0 saturated carbocycles. The molecule has 1 aromatic carbocycles. The smallest absolute Gasteiger partial charge is 0.414 e. The van der Waals surface area contributed by atoms with Crippen LogP contribution in [0, 0.1) is 11.6 Å². The highest BCUT2D eigenvalue weighted by molar-refractivity contribution is 7.94. The molecule has 3 rings (SSSR count). The molecule has 2 atom stereocenters. The van der Waals surface area contributed by atoms with Crippen LogP contribution in [0.25, 0.3) is 5.57 Å². The van der Waals surface area contributed by atoms with E-state index < -0.39 is 39.5 Å². The van der Waals surface area contributed by atoms with Gasteiger partial charge in [-0.15, -0.1) is 0 Å². The zero-order chi connectivity index (χ0) is 22.1. The summed E-state index contributed by atoms with van der Waals surface area (Å²) >= 11 is 0. The second-order valence-corrected chi connectivity index (χ2v) is 9.54. The number of cyclic esters (lactones) is 1. The summed E-state index contributed by atoms with van der Waals surface area (Å²) in [6, 6.07) is 2.07. The Morgan fingerprint density at radius 1 is 1.30 bits per heavy atom. The summed E-state index contributed by atoms with van der Waals surface area (Å²) in [7, 11) is -2.75. The fraction of sp³-hybridized carbons (Fsp3) is 0.421. The Balaban J connectivity index is 1.82. The van der Waals surface area contributed by atoms with E-state index >= 15 is 0 Å². The highest BCUT2D eigenvalue weighted by Crippen LogP contribution is 2.32. The monoisotopic (exact) mass is 441 g/mol. The van der Waals surface area contributed by atoms with Crippen LogP contribution >= 0.6 is 0 Å². The number of anilines is 1. The van der Waals surface area contributed by atoms with Crippen molar-refractivity contribution in [3.8, 4) is 0 Å². The molecule has 0 aromatic heterocycles. The minimum absolute atomic E-state index is 0.00383. The molecule has 0 bridgehead atoms. The standard InChI is InChI=1S/C19H21F2N3O5S/c1-11(25)22-9-15-10-24(19(27)29-15)14-7-16(20)18(17(21)8-14)13-3-5-30(28,6-4-13)23-12(2)26/h3,7-8,15H,4-6,9-10H2,1-2H3,(H,22,25)/t15-,30?/m1/s1. The highest BCUT2D eigenvalue weighted by Gasteiger charge is 2.33. The summed E-state index contributed by atoms with van der Waals surface area (Å²) in [5.74, 6) is -2.61. The maximum Gasteiger partial charge on any atom is 0.414 e. The number of benzene rings is 1. The van der Waals surface area contributed by atoms with Crippen LogP contribution in [0.2, 0.25) is 0 Å². The number of halogens is 2. The van der Waals surface area contributed by atoms with Gasteiger partial charge in [0, 0.05) is 25.2 Å². The van der Waals surface area contributed by atoms with Gasteiger partial charge in [0.15, 0.2) is 0 Å². The van der Waals surface area contributed by atoms with Gasteiger partial charge in [-0.2, -0.15) is 4.36 Å². The zero-order valence-electron chi connectivity index (χ0n) is 16.4. The molecule has 0 radical (unpaired) electrons. The number of hydrogen-bond acceptors (Lipinski definition) is 5. The van der Waals surface area contributed by atoms with Crippen LogP contribution in [0.4, 0.5) is 19.3 Å². The first kappa shape index (κ1) is 21.9. The SMILES string of the molecule is CC(=O)N=S1(=O)CC=C(c2c(F)cc(N3C[C@@H](CNC(C)=O)OC3=O)cc2F)CC1. The second-order valence-electron chi connectivity index (χ2n) is 7.07. The van der Waals surface area contributed by atoms with E-state index in [0.717, 1.165) is 17.0 Å². The lowest BCUT2D eigenvalue weighted by molar-refractivity contribution is -0.119. The van der Waals surface area contributed by atoms with Crippen molar-refractivity contribution >= 4 is 38.9 Å². The Morgan fingerprint density at radius 2 is 1.97 bits per heavy atom. The summed E-state index contributed by atoms with van der Waals surface area (Å²) in [5, 5.41) is 2.52. The van der Waals surface area contributed by atoms with E-state index in [1.807, 2.05) is 0 Å². The molecule has 0 spiro atoms. The molecule has 3 amide bonds. The summed E-state index contributed by atoms with van der Waals surface area (Å²) < 4.78 is 50.7. The average molecular weight is 441 g/mol. The van der Waals surface area contributed by atoms with Crippen molar-refractivity contribution in [2.24, 2.45) is 4.36 Å². The third-order valence-corrected chi connectivity index (χ3v) is 6.81. The molecule has 8 nitrogen and oxygen atoms in total. The van der Waals surface area contributed by atoms with E-state index in [9.17, 15) is 27.4 Å². The third-order valence-electron chi connectivity index (χ3n) is 4.69. The number of nitrogens with one attached hydrogen (secondary N) is 1.